The second kappa shape index (κ2) is 9.33. The smallest absolute Gasteiger partial charge is 0.303 e. The van der Waals surface area contributed by atoms with E-state index in [1.807, 2.05) is 0 Å². The van der Waals surface area contributed by atoms with Gasteiger partial charge in [0, 0.05) is 30.6 Å². The molecule has 0 amide bonds. The predicted octanol–water partition coefficient (Wildman–Crippen LogP) is 1.13. The Labute approximate surface area is 141 Å². The average Bonchev–Trinajstić information content (AvgIpc) is 2.50. The van der Waals surface area contributed by atoms with Crippen molar-refractivity contribution >= 4 is 17.9 Å². The van der Waals surface area contributed by atoms with Crippen molar-refractivity contribution in [1.82, 2.24) is 0 Å². The highest BCUT2D eigenvalue weighted by molar-refractivity contribution is 5.68. The molecule has 1 saturated heterocycles. The van der Waals surface area contributed by atoms with Gasteiger partial charge in [-0.2, -0.15) is 0 Å². The van der Waals surface area contributed by atoms with Crippen molar-refractivity contribution in [1.29, 1.82) is 0 Å². The molecule has 1 fully saturated rings. The quantitative estimate of drug-likeness (QED) is 0.224. The van der Waals surface area contributed by atoms with Crippen LogP contribution in [0.1, 0.15) is 20.8 Å². The summed E-state index contributed by atoms with van der Waals surface area (Å²) in [6.45, 7) is 2.99. The maximum absolute atomic E-state index is 11.4. The van der Waals surface area contributed by atoms with Crippen LogP contribution in [0, 0.1) is 0 Å². The molecule has 0 bridgehead atoms. The Bertz CT molecular complexity index is 627. The zero-order valence-electron chi connectivity index (χ0n) is 13.6. The zero-order valence-corrected chi connectivity index (χ0v) is 13.6. The molecule has 1 aliphatic heterocycles. The van der Waals surface area contributed by atoms with Crippen molar-refractivity contribution in [2.45, 2.75) is 51.4 Å². The molecular formula is C12H16N6O7. The first-order chi connectivity index (χ1) is 11.8. The minimum absolute atomic E-state index is 0.370. The summed E-state index contributed by atoms with van der Waals surface area (Å²) in [5.41, 5.74) is 17.4. The maximum atomic E-state index is 11.4. The number of carbonyl (C=O) groups excluding carboxylic acids is 3. The lowest BCUT2D eigenvalue weighted by atomic mass is 9.96. The summed E-state index contributed by atoms with van der Waals surface area (Å²) < 4.78 is 20.5. The van der Waals surface area contributed by atoms with Gasteiger partial charge in [0.1, 0.15) is 25.0 Å². The Kier molecular flexibility index (Phi) is 7.47. The number of esters is 3. The van der Waals surface area contributed by atoms with Gasteiger partial charge >= 0.3 is 17.9 Å². The third-order valence-corrected chi connectivity index (χ3v) is 3.04. The van der Waals surface area contributed by atoms with E-state index in [4.69, 9.17) is 30.0 Å². The monoisotopic (exact) mass is 356 g/mol. The molecule has 0 unspecified atom stereocenters. The van der Waals surface area contributed by atoms with Gasteiger partial charge in [-0.3, -0.25) is 14.4 Å². The molecule has 1 aliphatic rings. The van der Waals surface area contributed by atoms with Crippen LogP contribution in [-0.4, -0.2) is 55.1 Å². The van der Waals surface area contributed by atoms with Gasteiger partial charge in [0.15, 0.2) is 12.2 Å². The summed E-state index contributed by atoms with van der Waals surface area (Å²) in [5, 5.41) is 6.77. The van der Waals surface area contributed by atoms with Crippen LogP contribution in [0.5, 0.6) is 0 Å². The van der Waals surface area contributed by atoms with Crippen LogP contribution >= 0.6 is 0 Å². The van der Waals surface area contributed by atoms with Gasteiger partial charge in [0.25, 0.3) is 0 Å². The normalized spacial score (nSPS) is 27.9. The second-order valence-electron chi connectivity index (χ2n) is 4.92. The average molecular weight is 356 g/mol. The second-order valence-corrected chi connectivity index (χ2v) is 4.92. The summed E-state index contributed by atoms with van der Waals surface area (Å²) in [4.78, 5) is 39.0. The Hall–Kier alpha value is -3.01. The molecule has 0 N–H and O–H groups in total. The molecule has 13 nitrogen and oxygen atoms in total. The van der Waals surface area contributed by atoms with E-state index in [1.165, 1.54) is 0 Å². The fraction of sp³-hybridized carbons (Fsp3) is 0.750. The number of hydrogen-bond donors (Lipinski definition) is 0. The summed E-state index contributed by atoms with van der Waals surface area (Å²) in [6, 6.07) is -1.29. The Morgan fingerprint density at radius 2 is 1.52 bits per heavy atom. The van der Waals surface area contributed by atoms with Crippen molar-refractivity contribution in [3.8, 4) is 0 Å². The first kappa shape index (κ1) is 20.0. The molecule has 136 valence electrons. The molecular weight excluding hydrogens is 340 g/mol. The van der Waals surface area contributed by atoms with E-state index >= 15 is 0 Å². The van der Waals surface area contributed by atoms with Crippen molar-refractivity contribution in [3.05, 3.63) is 20.9 Å². The summed E-state index contributed by atoms with van der Waals surface area (Å²) >= 11 is 0. The number of rotatable bonds is 6. The highest BCUT2D eigenvalue weighted by Crippen LogP contribution is 2.29. The maximum Gasteiger partial charge on any atom is 0.303 e. The highest BCUT2D eigenvalue weighted by atomic mass is 16.6. The van der Waals surface area contributed by atoms with E-state index in [2.05, 4.69) is 20.1 Å². The summed E-state index contributed by atoms with van der Waals surface area (Å²) in [7, 11) is 0. The minimum Gasteiger partial charge on any atom is -0.463 e. The van der Waals surface area contributed by atoms with Crippen LogP contribution < -0.4 is 0 Å². The van der Waals surface area contributed by atoms with Crippen molar-refractivity contribution in [3.63, 3.8) is 0 Å². The minimum atomic E-state index is -1.36. The Balaban J connectivity index is 3.28. The fourth-order valence-electron chi connectivity index (χ4n) is 2.23. The van der Waals surface area contributed by atoms with Gasteiger partial charge in [-0.15, -0.1) is 0 Å². The Morgan fingerprint density at radius 3 is 2.00 bits per heavy atom. The molecule has 0 saturated carbocycles. The van der Waals surface area contributed by atoms with Gasteiger partial charge in [0.05, 0.1) is 0 Å². The molecule has 0 aromatic rings. The highest BCUT2D eigenvalue weighted by Gasteiger charge is 2.49. The van der Waals surface area contributed by atoms with Crippen LogP contribution in [0.3, 0.4) is 0 Å². The largest absolute Gasteiger partial charge is 0.463 e. The SMILES string of the molecule is CC(=O)OC[C@H]1O[C@H](N=[N+]=[N-])[C@H](N=[N+]=[N-])[C@@H](OC(C)=O)[C@H]1OC(C)=O. The lowest BCUT2D eigenvalue weighted by Gasteiger charge is -2.42. The standard InChI is InChI=1S/C12H16N6O7/c1-5(19)22-4-8-10(23-6(2)20)11(24-7(3)21)9(15-17-13)12(25-8)16-18-14/h8-12H,4H2,1-3H3/t8-,9-,10+,11-,12+/m1/s1. The van der Waals surface area contributed by atoms with Gasteiger partial charge in [-0.05, 0) is 11.1 Å². The predicted molar refractivity (Wildman–Crippen MR) is 78.5 cm³/mol. The van der Waals surface area contributed by atoms with E-state index < -0.39 is 48.5 Å². The lowest BCUT2D eigenvalue weighted by molar-refractivity contribution is -0.219. The lowest BCUT2D eigenvalue weighted by Crippen LogP contribution is -2.60. The van der Waals surface area contributed by atoms with Gasteiger partial charge in [-0.25, -0.2) is 0 Å². The third-order valence-electron chi connectivity index (χ3n) is 3.04. The number of ether oxygens (including phenoxy) is 4. The van der Waals surface area contributed by atoms with Crippen LogP contribution in [0.4, 0.5) is 0 Å². The van der Waals surface area contributed by atoms with Gasteiger partial charge in [0.2, 0.25) is 0 Å². The van der Waals surface area contributed by atoms with Crippen LogP contribution in [-0.2, 0) is 33.3 Å². The molecule has 0 aromatic heterocycles. The number of hydrogen-bond acceptors (Lipinski definition) is 9. The molecule has 0 spiro atoms. The van der Waals surface area contributed by atoms with Crippen LogP contribution in [0.15, 0.2) is 10.2 Å². The molecule has 13 heteroatoms. The molecule has 0 radical (unpaired) electrons. The van der Waals surface area contributed by atoms with Gasteiger partial charge < -0.3 is 18.9 Å². The molecule has 1 rings (SSSR count). The van der Waals surface area contributed by atoms with E-state index in [0.717, 1.165) is 20.8 Å². The van der Waals surface area contributed by atoms with Crippen LogP contribution in [0.25, 0.3) is 20.9 Å². The molecule has 1 heterocycles. The fourth-order valence-corrected chi connectivity index (χ4v) is 2.23. The van der Waals surface area contributed by atoms with E-state index in [1.54, 1.807) is 0 Å². The first-order valence-corrected chi connectivity index (χ1v) is 7.01. The number of carbonyl (C=O) groups is 3. The third kappa shape index (κ3) is 5.84. The number of nitrogens with zero attached hydrogens (tertiary/aromatic N) is 6. The van der Waals surface area contributed by atoms with Crippen molar-refractivity contribution in [2.24, 2.45) is 10.2 Å². The molecule has 25 heavy (non-hydrogen) atoms. The van der Waals surface area contributed by atoms with Gasteiger partial charge in [-0.1, -0.05) is 10.2 Å². The summed E-state index contributed by atoms with van der Waals surface area (Å²) in [6.07, 6.45) is -5.03. The van der Waals surface area contributed by atoms with Crippen LogP contribution in [0.2, 0.25) is 0 Å². The number of azide groups is 2. The van der Waals surface area contributed by atoms with Crippen molar-refractivity contribution < 1.29 is 33.3 Å². The molecule has 0 aliphatic carbocycles. The topological polar surface area (TPSA) is 186 Å². The van der Waals surface area contributed by atoms with Crippen molar-refractivity contribution in [2.75, 3.05) is 6.61 Å². The molecule has 5 atom stereocenters. The summed E-state index contributed by atoms with van der Waals surface area (Å²) in [5.74, 6) is -2.12. The van der Waals surface area contributed by atoms with E-state index in [0.29, 0.717) is 0 Å². The Morgan fingerprint density at radius 1 is 0.960 bits per heavy atom. The molecule has 0 aromatic carbocycles. The van der Waals surface area contributed by atoms with E-state index in [-0.39, 0.29) is 6.61 Å². The first-order valence-electron chi connectivity index (χ1n) is 7.01. The zero-order chi connectivity index (χ0) is 19.0. The van der Waals surface area contributed by atoms with E-state index in [9.17, 15) is 14.4 Å².